The predicted octanol–water partition coefficient (Wildman–Crippen LogP) is 1.94. The maximum atomic E-state index is 5.75. The third-order valence-electron chi connectivity index (χ3n) is 3.22. The summed E-state index contributed by atoms with van der Waals surface area (Å²) in [5.41, 5.74) is 1.23. The van der Waals surface area contributed by atoms with Gasteiger partial charge in [-0.2, -0.15) is 0 Å². The van der Waals surface area contributed by atoms with Crippen LogP contribution in [0.2, 0.25) is 0 Å². The van der Waals surface area contributed by atoms with Crippen LogP contribution in [0.4, 0.5) is 0 Å². The number of nitrogens with one attached hydrogen (secondary N) is 1. The monoisotopic (exact) mass is 192 g/mol. The van der Waals surface area contributed by atoms with Crippen LogP contribution in [0, 0.1) is 6.92 Å². The molecular weight excluding hydrogens is 176 g/mol. The molecule has 1 N–H and O–H groups in total. The summed E-state index contributed by atoms with van der Waals surface area (Å²) in [4.78, 5) is 4.65. The summed E-state index contributed by atoms with van der Waals surface area (Å²) in [6, 6.07) is 0. The van der Waals surface area contributed by atoms with Crippen LogP contribution in [0.1, 0.15) is 48.4 Å². The van der Waals surface area contributed by atoms with Gasteiger partial charge in [0.25, 0.3) is 0 Å². The van der Waals surface area contributed by atoms with E-state index >= 15 is 0 Å². The number of aryl methyl sites for hydroxylation is 1. The first-order valence-electron chi connectivity index (χ1n) is 5.52. The Kier molecular flexibility index (Phi) is 1.87. The minimum Gasteiger partial charge on any atom is -0.445 e. The summed E-state index contributed by atoms with van der Waals surface area (Å²) in [6.07, 6.45) is 3.77. The van der Waals surface area contributed by atoms with E-state index in [9.17, 15) is 0 Å². The molecule has 1 saturated carbocycles. The highest BCUT2D eigenvalue weighted by Gasteiger charge is 2.31. The lowest BCUT2D eigenvalue weighted by atomic mass is 10.1. The molecule has 14 heavy (non-hydrogen) atoms. The van der Waals surface area contributed by atoms with Gasteiger partial charge < -0.3 is 9.73 Å². The van der Waals surface area contributed by atoms with E-state index in [1.807, 2.05) is 6.92 Å². The molecule has 1 aliphatic carbocycles. The molecule has 3 nitrogen and oxygen atoms in total. The normalized spacial score (nSPS) is 27.1. The highest BCUT2D eigenvalue weighted by molar-refractivity contribution is 5.20. The van der Waals surface area contributed by atoms with Crippen molar-refractivity contribution in [2.45, 2.75) is 38.0 Å². The van der Waals surface area contributed by atoms with Crippen molar-refractivity contribution >= 4 is 0 Å². The Hall–Kier alpha value is -0.830. The number of hydrogen-bond donors (Lipinski definition) is 1. The minimum absolute atomic E-state index is 0.515. The van der Waals surface area contributed by atoms with Crippen molar-refractivity contribution in [2.75, 3.05) is 13.1 Å². The molecule has 2 heterocycles. The van der Waals surface area contributed by atoms with Crippen molar-refractivity contribution in [1.29, 1.82) is 0 Å². The van der Waals surface area contributed by atoms with Crippen molar-refractivity contribution in [3.8, 4) is 0 Å². The van der Waals surface area contributed by atoms with Crippen LogP contribution in [0.5, 0.6) is 0 Å². The molecular formula is C11H16N2O. The van der Waals surface area contributed by atoms with E-state index in [1.165, 1.54) is 25.0 Å². The smallest absolute Gasteiger partial charge is 0.199 e. The fourth-order valence-electron chi connectivity index (χ4n) is 2.20. The van der Waals surface area contributed by atoms with E-state index in [0.717, 1.165) is 24.7 Å². The SMILES string of the molecule is Cc1oc(C2CCNC2)nc1C1CC1. The van der Waals surface area contributed by atoms with Crippen LogP contribution in [0.25, 0.3) is 0 Å². The minimum atomic E-state index is 0.515. The van der Waals surface area contributed by atoms with Gasteiger partial charge >= 0.3 is 0 Å². The Morgan fingerprint density at radius 1 is 1.29 bits per heavy atom. The van der Waals surface area contributed by atoms with Crippen molar-refractivity contribution in [2.24, 2.45) is 0 Å². The summed E-state index contributed by atoms with van der Waals surface area (Å²) >= 11 is 0. The lowest BCUT2D eigenvalue weighted by Gasteiger charge is -2.00. The Morgan fingerprint density at radius 3 is 2.79 bits per heavy atom. The Balaban J connectivity index is 1.87. The topological polar surface area (TPSA) is 38.1 Å². The van der Waals surface area contributed by atoms with Gasteiger partial charge in [0.05, 0.1) is 5.69 Å². The van der Waals surface area contributed by atoms with Crippen LogP contribution in [-0.2, 0) is 0 Å². The van der Waals surface area contributed by atoms with Crippen LogP contribution in [0.15, 0.2) is 4.42 Å². The maximum Gasteiger partial charge on any atom is 0.199 e. The molecule has 0 spiro atoms. The van der Waals surface area contributed by atoms with Crippen molar-refractivity contribution in [3.63, 3.8) is 0 Å². The van der Waals surface area contributed by atoms with E-state index in [1.54, 1.807) is 0 Å². The number of oxazole rings is 1. The fourth-order valence-corrected chi connectivity index (χ4v) is 2.20. The van der Waals surface area contributed by atoms with Gasteiger partial charge in [-0.1, -0.05) is 0 Å². The van der Waals surface area contributed by atoms with Crippen LogP contribution in [-0.4, -0.2) is 18.1 Å². The second-order valence-corrected chi connectivity index (χ2v) is 4.46. The molecule has 3 rings (SSSR count). The van der Waals surface area contributed by atoms with Crippen molar-refractivity contribution in [1.82, 2.24) is 10.3 Å². The van der Waals surface area contributed by atoms with E-state index in [0.29, 0.717) is 11.8 Å². The Morgan fingerprint density at radius 2 is 2.14 bits per heavy atom. The zero-order chi connectivity index (χ0) is 9.54. The average molecular weight is 192 g/mol. The standard InChI is InChI=1S/C11H16N2O/c1-7-10(8-2-3-8)13-11(14-7)9-4-5-12-6-9/h8-9,12H,2-6H2,1H3. The molecule has 0 bridgehead atoms. The number of aromatic nitrogens is 1. The summed E-state index contributed by atoms with van der Waals surface area (Å²) in [7, 11) is 0. The van der Waals surface area contributed by atoms with Crippen LogP contribution >= 0.6 is 0 Å². The molecule has 0 radical (unpaired) electrons. The van der Waals surface area contributed by atoms with E-state index in [-0.39, 0.29) is 0 Å². The van der Waals surface area contributed by atoms with E-state index < -0.39 is 0 Å². The molecule has 3 heteroatoms. The fraction of sp³-hybridized carbons (Fsp3) is 0.727. The Bertz CT molecular complexity index is 335. The first-order chi connectivity index (χ1) is 6.84. The summed E-state index contributed by atoms with van der Waals surface area (Å²) in [5, 5.41) is 3.34. The number of nitrogens with zero attached hydrogens (tertiary/aromatic N) is 1. The quantitative estimate of drug-likeness (QED) is 0.778. The first-order valence-corrected chi connectivity index (χ1v) is 5.52. The van der Waals surface area contributed by atoms with Crippen molar-refractivity contribution < 1.29 is 4.42 Å². The van der Waals surface area contributed by atoms with E-state index in [4.69, 9.17) is 4.42 Å². The third kappa shape index (κ3) is 1.36. The largest absolute Gasteiger partial charge is 0.445 e. The lowest BCUT2D eigenvalue weighted by molar-refractivity contribution is 0.438. The van der Waals surface area contributed by atoms with Crippen LogP contribution in [0.3, 0.4) is 0 Å². The molecule has 1 aliphatic heterocycles. The first kappa shape index (κ1) is 8.48. The maximum absolute atomic E-state index is 5.75. The van der Waals surface area contributed by atoms with Gasteiger partial charge in [-0.3, -0.25) is 0 Å². The molecule has 2 fully saturated rings. The molecule has 2 aliphatic rings. The number of hydrogen-bond acceptors (Lipinski definition) is 3. The molecule has 76 valence electrons. The molecule has 1 atom stereocenters. The molecule has 0 aromatic carbocycles. The molecule has 1 aromatic rings. The van der Waals surface area contributed by atoms with E-state index in [2.05, 4.69) is 10.3 Å². The van der Waals surface area contributed by atoms with Gasteiger partial charge in [0.2, 0.25) is 0 Å². The van der Waals surface area contributed by atoms with Gasteiger partial charge in [-0.25, -0.2) is 4.98 Å². The molecule has 1 unspecified atom stereocenters. The second kappa shape index (κ2) is 3.09. The predicted molar refractivity (Wildman–Crippen MR) is 53.4 cm³/mol. The van der Waals surface area contributed by atoms with Gasteiger partial charge in [0.15, 0.2) is 5.89 Å². The summed E-state index contributed by atoms with van der Waals surface area (Å²) in [5.74, 6) is 3.24. The van der Waals surface area contributed by atoms with Crippen molar-refractivity contribution in [3.05, 3.63) is 17.3 Å². The number of rotatable bonds is 2. The second-order valence-electron chi connectivity index (χ2n) is 4.46. The Labute approximate surface area is 83.9 Å². The van der Waals surface area contributed by atoms with Gasteiger partial charge in [0, 0.05) is 18.4 Å². The molecule has 0 amide bonds. The van der Waals surface area contributed by atoms with Gasteiger partial charge in [-0.05, 0) is 32.7 Å². The highest BCUT2D eigenvalue weighted by Crippen LogP contribution is 2.41. The van der Waals surface area contributed by atoms with Gasteiger partial charge in [0.1, 0.15) is 5.76 Å². The summed E-state index contributed by atoms with van der Waals surface area (Å²) < 4.78 is 5.75. The molecule has 1 saturated heterocycles. The summed E-state index contributed by atoms with van der Waals surface area (Å²) in [6.45, 7) is 4.18. The van der Waals surface area contributed by atoms with Crippen LogP contribution < -0.4 is 5.32 Å². The lowest BCUT2D eigenvalue weighted by Crippen LogP contribution is -2.08. The third-order valence-corrected chi connectivity index (χ3v) is 3.22. The zero-order valence-corrected chi connectivity index (χ0v) is 8.55. The highest BCUT2D eigenvalue weighted by atomic mass is 16.4. The molecule has 1 aromatic heterocycles. The average Bonchev–Trinajstić information content (AvgIpc) is 2.75. The zero-order valence-electron chi connectivity index (χ0n) is 8.55. The van der Waals surface area contributed by atoms with Gasteiger partial charge in [-0.15, -0.1) is 0 Å².